The molecule has 0 atom stereocenters. The fourth-order valence-corrected chi connectivity index (χ4v) is 2.61. The smallest absolute Gasteiger partial charge is 0.340 e. The minimum atomic E-state index is -0.435. The molecule has 1 amide bonds. The largest absolute Gasteiger partial charge is 0.462 e. The molecule has 3 heterocycles. The van der Waals surface area contributed by atoms with Crippen LogP contribution in [0, 0.1) is 6.92 Å². The number of anilines is 1. The Morgan fingerprint density at radius 3 is 2.96 bits per heavy atom. The van der Waals surface area contributed by atoms with Gasteiger partial charge in [-0.25, -0.2) is 9.78 Å². The lowest BCUT2D eigenvalue weighted by atomic mass is 10.1. The van der Waals surface area contributed by atoms with E-state index >= 15 is 0 Å². The number of fused-ring (bicyclic) bond motifs is 1. The molecule has 0 bridgehead atoms. The normalized spacial score (nSPS) is 14.7. The lowest BCUT2D eigenvalue weighted by molar-refractivity contribution is -0.110. The van der Waals surface area contributed by atoms with Crippen molar-refractivity contribution in [2.75, 3.05) is 11.9 Å². The molecule has 0 spiro atoms. The van der Waals surface area contributed by atoms with Crippen molar-refractivity contribution >= 4 is 40.8 Å². The number of nitrogens with one attached hydrogen (secondary N) is 2. The van der Waals surface area contributed by atoms with E-state index < -0.39 is 5.97 Å². The Balaban J connectivity index is 2.08. The van der Waals surface area contributed by atoms with Gasteiger partial charge in [-0.2, -0.15) is 0 Å². The molecule has 3 rings (SSSR count). The number of carbonyl (C=O) groups excluding carboxylic acids is 2. The monoisotopic (exact) mass is 331 g/mol. The van der Waals surface area contributed by atoms with E-state index in [0.717, 1.165) is 5.69 Å². The minimum Gasteiger partial charge on any atom is -0.462 e. The highest BCUT2D eigenvalue weighted by atomic mass is 35.5. The summed E-state index contributed by atoms with van der Waals surface area (Å²) in [4.78, 5) is 31.2. The van der Waals surface area contributed by atoms with E-state index in [1.807, 2.05) is 6.92 Å². The highest BCUT2D eigenvalue weighted by Crippen LogP contribution is 2.34. The van der Waals surface area contributed by atoms with Crippen LogP contribution in [0.3, 0.4) is 0 Å². The summed E-state index contributed by atoms with van der Waals surface area (Å²) in [6.07, 6.45) is 3.12. The van der Waals surface area contributed by atoms with Gasteiger partial charge < -0.3 is 15.0 Å². The molecular formula is C16H14ClN3O3. The molecule has 0 fully saturated rings. The molecule has 118 valence electrons. The summed E-state index contributed by atoms with van der Waals surface area (Å²) < 4.78 is 5.04. The van der Waals surface area contributed by atoms with Crippen LogP contribution in [0.2, 0.25) is 5.15 Å². The fraction of sp³-hybridized carbons (Fsp3) is 0.188. The number of aromatic amines is 1. The van der Waals surface area contributed by atoms with E-state index in [9.17, 15) is 9.59 Å². The number of aromatic nitrogens is 2. The Morgan fingerprint density at radius 1 is 1.43 bits per heavy atom. The van der Waals surface area contributed by atoms with Crippen LogP contribution < -0.4 is 5.32 Å². The number of rotatable bonds is 3. The molecule has 0 aliphatic carbocycles. The first-order valence-corrected chi connectivity index (χ1v) is 7.43. The standard InChI is InChI=1S/C16H14ClN3O3/c1-3-23-16(22)11-4-8(2)19-12(11)5-10-9-6-14(17)18-7-13(9)20-15(10)21/h4-7,19H,3H2,1-2H3,(H,20,21)/b10-5-. The van der Waals surface area contributed by atoms with Crippen LogP contribution in [0.5, 0.6) is 0 Å². The highest BCUT2D eigenvalue weighted by molar-refractivity contribution is 6.36. The summed E-state index contributed by atoms with van der Waals surface area (Å²) in [6.45, 7) is 3.85. The Kier molecular flexibility index (Phi) is 3.92. The van der Waals surface area contributed by atoms with Gasteiger partial charge in [0.2, 0.25) is 0 Å². The van der Waals surface area contributed by atoms with E-state index in [2.05, 4.69) is 15.3 Å². The summed E-state index contributed by atoms with van der Waals surface area (Å²) in [6, 6.07) is 3.30. The van der Waals surface area contributed by atoms with E-state index in [1.54, 1.807) is 25.1 Å². The molecule has 23 heavy (non-hydrogen) atoms. The van der Waals surface area contributed by atoms with Gasteiger partial charge in [0, 0.05) is 11.3 Å². The second-order valence-corrected chi connectivity index (χ2v) is 5.45. The van der Waals surface area contributed by atoms with Crippen molar-refractivity contribution in [3.05, 3.63) is 46.0 Å². The second kappa shape index (κ2) is 5.89. The van der Waals surface area contributed by atoms with Gasteiger partial charge in [-0.05, 0) is 32.1 Å². The number of hydrogen-bond donors (Lipinski definition) is 2. The predicted molar refractivity (Wildman–Crippen MR) is 87.2 cm³/mol. The second-order valence-electron chi connectivity index (χ2n) is 5.06. The van der Waals surface area contributed by atoms with Crippen LogP contribution in [-0.4, -0.2) is 28.5 Å². The zero-order chi connectivity index (χ0) is 16.6. The van der Waals surface area contributed by atoms with Crippen molar-refractivity contribution in [2.24, 2.45) is 0 Å². The van der Waals surface area contributed by atoms with E-state index in [0.29, 0.717) is 33.2 Å². The molecular weight excluding hydrogens is 318 g/mol. The molecule has 6 nitrogen and oxygen atoms in total. The molecule has 0 saturated heterocycles. The number of hydrogen-bond acceptors (Lipinski definition) is 4. The van der Waals surface area contributed by atoms with Gasteiger partial charge in [0.15, 0.2) is 0 Å². The molecule has 2 N–H and O–H groups in total. The molecule has 0 saturated carbocycles. The van der Waals surface area contributed by atoms with Gasteiger partial charge >= 0.3 is 5.97 Å². The van der Waals surface area contributed by atoms with Gasteiger partial charge in [0.25, 0.3) is 5.91 Å². The Bertz CT molecular complexity index is 839. The van der Waals surface area contributed by atoms with Crippen molar-refractivity contribution < 1.29 is 14.3 Å². The maximum Gasteiger partial charge on any atom is 0.340 e. The van der Waals surface area contributed by atoms with Crippen LogP contribution in [0.4, 0.5) is 5.69 Å². The van der Waals surface area contributed by atoms with Gasteiger partial charge in [-0.3, -0.25) is 4.79 Å². The maximum atomic E-state index is 12.2. The third-order valence-electron chi connectivity index (χ3n) is 3.42. The number of halogens is 1. The SMILES string of the molecule is CCOC(=O)c1cc(C)[nH]c1/C=C1\C(=O)Nc2cnc(Cl)cc21. The Labute approximate surface area is 137 Å². The number of amides is 1. The lowest BCUT2D eigenvalue weighted by Crippen LogP contribution is -2.06. The highest BCUT2D eigenvalue weighted by Gasteiger charge is 2.26. The van der Waals surface area contributed by atoms with Gasteiger partial charge in [0.1, 0.15) is 5.15 Å². The zero-order valence-corrected chi connectivity index (χ0v) is 13.3. The van der Waals surface area contributed by atoms with Crippen molar-refractivity contribution in [2.45, 2.75) is 13.8 Å². The van der Waals surface area contributed by atoms with Crippen LogP contribution in [-0.2, 0) is 9.53 Å². The first-order chi connectivity index (χ1) is 11.0. The summed E-state index contributed by atoms with van der Waals surface area (Å²) in [7, 11) is 0. The van der Waals surface area contributed by atoms with Crippen molar-refractivity contribution in [3.8, 4) is 0 Å². The van der Waals surface area contributed by atoms with Gasteiger partial charge in [-0.15, -0.1) is 0 Å². The number of pyridine rings is 1. The van der Waals surface area contributed by atoms with E-state index in [4.69, 9.17) is 16.3 Å². The van der Waals surface area contributed by atoms with Crippen LogP contribution in [0.1, 0.15) is 34.2 Å². The van der Waals surface area contributed by atoms with Crippen LogP contribution >= 0.6 is 11.6 Å². The summed E-state index contributed by atoms with van der Waals surface area (Å²) >= 11 is 5.91. The molecule has 1 aliphatic rings. The van der Waals surface area contributed by atoms with Gasteiger partial charge in [0.05, 0.1) is 35.3 Å². The first kappa shape index (κ1) is 15.3. The third kappa shape index (κ3) is 2.85. The lowest BCUT2D eigenvalue weighted by Gasteiger charge is -2.02. The van der Waals surface area contributed by atoms with Crippen molar-refractivity contribution in [3.63, 3.8) is 0 Å². The Morgan fingerprint density at radius 2 is 2.22 bits per heavy atom. The molecule has 0 radical (unpaired) electrons. The average Bonchev–Trinajstić information content (AvgIpc) is 3.01. The number of nitrogens with zero attached hydrogens (tertiary/aromatic N) is 1. The van der Waals surface area contributed by atoms with Crippen LogP contribution in [0.15, 0.2) is 18.3 Å². The van der Waals surface area contributed by atoms with Crippen molar-refractivity contribution in [1.29, 1.82) is 0 Å². The number of carbonyl (C=O) groups is 2. The summed E-state index contributed by atoms with van der Waals surface area (Å²) in [5.41, 5.74) is 3.36. The molecule has 0 aromatic carbocycles. The third-order valence-corrected chi connectivity index (χ3v) is 3.63. The average molecular weight is 332 g/mol. The van der Waals surface area contributed by atoms with Gasteiger partial charge in [-0.1, -0.05) is 11.6 Å². The summed E-state index contributed by atoms with van der Waals surface area (Å²) in [5.74, 6) is -0.707. The number of H-pyrrole nitrogens is 1. The molecule has 7 heteroatoms. The predicted octanol–water partition coefficient (Wildman–Crippen LogP) is 3.04. The van der Waals surface area contributed by atoms with E-state index in [1.165, 1.54) is 6.20 Å². The molecule has 0 unspecified atom stereocenters. The molecule has 2 aromatic heterocycles. The minimum absolute atomic E-state index is 0.272. The first-order valence-electron chi connectivity index (χ1n) is 7.05. The fourth-order valence-electron chi connectivity index (χ4n) is 2.45. The Hall–Kier alpha value is -2.60. The number of aryl methyl sites for hydroxylation is 1. The van der Waals surface area contributed by atoms with Crippen LogP contribution in [0.25, 0.3) is 11.6 Å². The quantitative estimate of drug-likeness (QED) is 0.514. The zero-order valence-electron chi connectivity index (χ0n) is 12.6. The number of ether oxygens (including phenoxy) is 1. The van der Waals surface area contributed by atoms with Crippen molar-refractivity contribution in [1.82, 2.24) is 9.97 Å². The number of esters is 1. The maximum absolute atomic E-state index is 12.2. The molecule has 2 aromatic rings. The summed E-state index contributed by atoms with van der Waals surface area (Å²) in [5, 5.41) is 3.01. The van der Waals surface area contributed by atoms with E-state index in [-0.39, 0.29) is 12.5 Å². The molecule has 1 aliphatic heterocycles. The topological polar surface area (TPSA) is 84.1 Å².